The van der Waals surface area contributed by atoms with Gasteiger partial charge in [0.25, 0.3) is 17.4 Å². The minimum Gasteiger partial charge on any atom is -0.484 e. The van der Waals surface area contributed by atoms with Crippen LogP contribution in [0.1, 0.15) is 105 Å². The summed E-state index contributed by atoms with van der Waals surface area (Å²) in [6, 6.07) is 17.3. The number of aryl methyl sites for hydroxylation is 1. The van der Waals surface area contributed by atoms with E-state index in [0.29, 0.717) is 79.8 Å². The number of amides is 4. The molecule has 0 saturated carbocycles. The number of halogens is 1. The van der Waals surface area contributed by atoms with Crippen LogP contribution >= 0.6 is 0 Å². The first-order valence-electron chi connectivity index (χ1n) is 20.9. The third-order valence-electron chi connectivity index (χ3n) is 11.1. The molecule has 4 aromatic rings. The van der Waals surface area contributed by atoms with E-state index in [2.05, 4.69) is 15.5 Å². The van der Waals surface area contributed by atoms with Crippen molar-refractivity contribution < 1.29 is 28.3 Å². The fourth-order valence-corrected chi connectivity index (χ4v) is 7.84. The average Bonchev–Trinajstić information content (AvgIpc) is 3.25. The maximum Gasteiger partial charge on any atom is 0.272 e. The maximum atomic E-state index is 14.9. The minimum absolute atomic E-state index is 0.0127. The number of benzene rings is 3. The highest BCUT2D eigenvalue weighted by Gasteiger charge is 2.27. The Morgan fingerprint density at radius 2 is 1.52 bits per heavy atom. The van der Waals surface area contributed by atoms with Crippen molar-refractivity contribution in [1.29, 1.82) is 0 Å². The number of carbonyl (C=O) groups excluding carboxylic acids is 4. The van der Waals surface area contributed by atoms with Crippen LogP contribution in [-0.4, -0.2) is 89.5 Å². The molecule has 0 bridgehead atoms. The smallest absolute Gasteiger partial charge is 0.272 e. The van der Waals surface area contributed by atoms with E-state index in [1.807, 2.05) is 42.2 Å². The summed E-state index contributed by atoms with van der Waals surface area (Å²) in [5.74, 6) is -0.290. The van der Waals surface area contributed by atoms with Gasteiger partial charge in [0.15, 0.2) is 6.61 Å². The predicted molar refractivity (Wildman–Crippen MR) is 222 cm³/mol. The number of hydrogen-bond acceptors (Lipinski definition) is 7. The average molecular weight is 795 g/mol. The number of aromatic amines is 1. The van der Waals surface area contributed by atoms with Crippen LogP contribution in [0.5, 0.6) is 5.75 Å². The van der Waals surface area contributed by atoms with Gasteiger partial charge in [-0.05, 0) is 73.2 Å². The zero-order chi connectivity index (χ0) is 40.9. The van der Waals surface area contributed by atoms with Crippen LogP contribution in [-0.2, 0) is 27.2 Å². The highest BCUT2D eigenvalue weighted by molar-refractivity contribution is 5.95. The lowest BCUT2D eigenvalue weighted by Gasteiger charge is -2.35. The van der Waals surface area contributed by atoms with E-state index in [4.69, 9.17) is 4.74 Å². The molecule has 1 fully saturated rings. The van der Waals surface area contributed by atoms with Gasteiger partial charge in [0.1, 0.15) is 11.6 Å². The second-order valence-corrected chi connectivity index (χ2v) is 15.2. The number of hydrogen-bond donors (Lipinski definition) is 2. The molecule has 13 heteroatoms. The maximum absolute atomic E-state index is 14.9. The van der Waals surface area contributed by atoms with Gasteiger partial charge in [-0.3, -0.25) is 24.0 Å². The van der Waals surface area contributed by atoms with Gasteiger partial charge in [-0.2, -0.15) is 5.10 Å². The molecule has 0 atom stereocenters. The predicted octanol–water partition coefficient (Wildman–Crippen LogP) is 6.33. The van der Waals surface area contributed by atoms with Crippen molar-refractivity contribution in [2.75, 3.05) is 50.8 Å². The Morgan fingerprint density at radius 3 is 2.28 bits per heavy atom. The van der Waals surface area contributed by atoms with Gasteiger partial charge in [-0.25, -0.2) is 9.49 Å². The van der Waals surface area contributed by atoms with Crippen molar-refractivity contribution in [3.63, 3.8) is 0 Å². The standard InChI is InChI=1S/C45H55FN6O6/c1-2-42(54)52-23-13-14-33-30-34(19-21-40(33)52)58-31-41(53)47-22-12-8-6-4-3-5-7-9-17-43(55)50-24-26-51(27-25-50)45(57)37-28-32(18-20-38(37)46)29-39-35-15-10-11-16-36(35)44(56)49-48-39/h10-11,15-16,18-21,28,30H,2-9,12-14,17,22-27,29,31H2,1H3,(H,47,53)(H,49,56). The lowest BCUT2D eigenvalue weighted by Crippen LogP contribution is -2.50. The summed E-state index contributed by atoms with van der Waals surface area (Å²) in [6.07, 6.45) is 11.2. The van der Waals surface area contributed by atoms with E-state index in [-0.39, 0.29) is 35.5 Å². The fourth-order valence-electron chi connectivity index (χ4n) is 7.84. The number of H-pyrrole nitrogens is 1. The molecule has 2 N–H and O–H groups in total. The molecule has 1 saturated heterocycles. The van der Waals surface area contributed by atoms with Crippen LogP contribution in [0.2, 0.25) is 0 Å². The third-order valence-corrected chi connectivity index (χ3v) is 11.1. The van der Waals surface area contributed by atoms with Gasteiger partial charge in [-0.1, -0.05) is 69.7 Å². The van der Waals surface area contributed by atoms with Crippen LogP contribution < -0.4 is 20.5 Å². The second kappa shape index (κ2) is 20.7. The number of rotatable bonds is 18. The van der Waals surface area contributed by atoms with E-state index in [9.17, 15) is 28.4 Å². The van der Waals surface area contributed by atoms with Crippen LogP contribution in [0.15, 0.2) is 65.5 Å². The molecule has 0 aliphatic carbocycles. The molecule has 4 amide bonds. The SMILES string of the molecule is CCC(=O)N1CCCc2cc(OCC(=O)NCCCCCCCCCCC(=O)N3CCN(C(=O)c4cc(Cc5n[nH]c(=O)c6ccccc56)ccc4F)CC3)ccc21. The number of unbranched alkanes of at least 4 members (excludes halogenated alkanes) is 7. The highest BCUT2D eigenvalue weighted by Crippen LogP contribution is 2.31. The Labute approximate surface area is 339 Å². The molecule has 0 unspecified atom stereocenters. The lowest BCUT2D eigenvalue weighted by molar-refractivity contribution is -0.132. The van der Waals surface area contributed by atoms with Crippen molar-refractivity contribution in [3.05, 3.63) is 99.2 Å². The van der Waals surface area contributed by atoms with Gasteiger partial charge < -0.3 is 24.8 Å². The Balaban J connectivity index is 0.797. The molecular formula is C45H55FN6O6. The Bertz CT molecular complexity index is 2130. The Kier molecular flexibility index (Phi) is 15.0. The number of ether oxygens (including phenoxy) is 1. The number of piperazine rings is 1. The first kappa shape index (κ1) is 42.0. The number of aromatic nitrogens is 2. The topological polar surface area (TPSA) is 145 Å². The van der Waals surface area contributed by atoms with Gasteiger partial charge >= 0.3 is 0 Å². The fraction of sp³-hybridized carbons (Fsp3) is 0.467. The van der Waals surface area contributed by atoms with Crippen molar-refractivity contribution in [1.82, 2.24) is 25.3 Å². The molecule has 3 heterocycles. The second-order valence-electron chi connectivity index (χ2n) is 15.2. The molecule has 308 valence electrons. The summed E-state index contributed by atoms with van der Waals surface area (Å²) < 4.78 is 20.6. The molecule has 2 aliphatic rings. The Hall–Kier alpha value is -5.59. The largest absolute Gasteiger partial charge is 0.484 e. The third kappa shape index (κ3) is 11.1. The molecule has 2 aliphatic heterocycles. The monoisotopic (exact) mass is 794 g/mol. The van der Waals surface area contributed by atoms with E-state index in [1.165, 1.54) is 6.07 Å². The van der Waals surface area contributed by atoms with Crippen molar-refractivity contribution in [2.45, 2.75) is 90.4 Å². The molecule has 1 aromatic heterocycles. The number of nitrogens with zero attached hydrogens (tertiary/aromatic N) is 4. The van der Waals surface area contributed by atoms with Gasteiger partial charge in [0.2, 0.25) is 11.8 Å². The van der Waals surface area contributed by atoms with Crippen molar-refractivity contribution in [2.24, 2.45) is 0 Å². The van der Waals surface area contributed by atoms with E-state index >= 15 is 0 Å². The van der Waals surface area contributed by atoms with E-state index in [1.54, 1.807) is 34.1 Å². The van der Waals surface area contributed by atoms with E-state index in [0.717, 1.165) is 82.0 Å². The van der Waals surface area contributed by atoms with Crippen molar-refractivity contribution >= 4 is 40.1 Å². The van der Waals surface area contributed by atoms with Crippen LogP contribution in [0.25, 0.3) is 10.8 Å². The van der Waals surface area contributed by atoms with Gasteiger partial charge in [-0.15, -0.1) is 0 Å². The Morgan fingerprint density at radius 1 is 0.810 bits per heavy atom. The highest BCUT2D eigenvalue weighted by atomic mass is 19.1. The summed E-state index contributed by atoms with van der Waals surface area (Å²) in [4.78, 5) is 68.3. The molecular weight excluding hydrogens is 740 g/mol. The number of carbonyl (C=O) groups is 4. The molecule has 58 heavy (non-hydrogen) atoms. The molecule has 0 radical (unpaired) electrons. The van der Waals surface area contributed by atoms with Crippen molar-refractivity contribution in [3.8, 4) is 5.75 Å². The summed E-state index contributed by atoms with van der Waals surface area (Å²) in [6.45, 7) is 4.72. The molecule has 3 aromatic carbocycles. The van der Waals surface area contributed by atoms with E-state index < -0.39 is 11.7 Å². The quantitative estimate of drug-likeness (QED) is 0.112. The zero-order valence-electron chi connectivity index (χ0n) is 33.5. The first-order chi connectivity index (χ1) is 28.2. The summed E-state index contributed by atoms with van der Waals surface area (Å²) in [5, 5.41) is 10.9. The summed E-state index contributed by atoms with van der Waals surface area (Å²) >= 11 is 0. The number of fused-ring (bicyclic) bond motifs is 2. The first-order valence-corrected chi connectivity index (χ1v) is 20.9. The molecule has 12 nitrogen and oxygen atoms in total. The molecule has 0 spiro atoms. The zero-order valence-corrected chi connectivity index (χ0v) is 33.5. The summed E-state index contributed by atoms with van der Waals surface area (Å²) in [7, 11) is 0. The minimum atomic E-state index is -0.597. The summed E-state index contributed by atoms with van der Waals surface area (Å²) in [5.41, 5.74) is 3.06. The molecule has 6 rings (SSSR count). The number of nitrogens with one attached hydrogen (secondary N) is 2. The van der Waals surface area contributed by atoms with Crippen LogP contribution in [0.4, 0.5) is 10.1 Å². The van der Waals surface area contributed by atoms with Gasteiger partial charge in [0.05, 0.1) is 16.6 Å². The van der Waals surface area contributed by atoms with Crippen LogP contribution in [0.3, 0.4) is 0 Å². The normalized spacial score (nSPS) is 14.0. The van der Waals surface area contributed by atoms with Gasteiger partial charge in [0, 0.05) is 69.6 Å². The number of anilines is 1. The van der Waals surface area contributed by atoms with Crippen LogP contribution in [0, 0.1) is 5.82 Å². The lowest BCUT2D eigenvalue weighted by atomic mass is 10.0.